The summed E-state index contributed by atoms with van der Waals surface area (Å²) in [7, 11) is 0. The molecule has 0 unspecified atom stereocenters. The molecule has 0 saturated carbocycles. The molecule has 3 N–H and O–H groups in total. The Balaban J connectivity index is 1.83. The zero-order chi connectivity index (χ0) is 18.6. The van der Waals surface area contributed by atoms with Gasteiger partial charge in [-0.15, -0.1) is 0 Å². The Bertz CT molecular complexity index is 633. The van der Waals surface area contributed by atoms with Crippen molar-refractivity contribution in [3.8, 4) is 0 Å². The fraction of sp³-hybridized carbons (Fsp3) is 0.562. The molecule has 1 aliphatic rings. The molecule has 9 heteroatoms. The SMILES string of the molecule is CC(C)[C@H](N)C(=O)NCC(=O)N1CCN(c2ncc(Cl)cc2Cl)CC1. The minimum Gasteiger partial charge on any atom is -0.352 e. The minimum absolute atomic E-state index is 0.0234. The average Bonchev–Trinajstić information content (AvgIpc) is 2.58. The van der Waals surface area contributed by atoms with E-state index in [0.717, 1.165) is 0 Å². The van der Waals surface area contributed by atoms with Gasteiger partial charge in [-0.2, -0.15) is 0 Å². The van der Waals surface area contributed by atoms with Crippen LogP contribution < -0.4 is 16.0 Å². The van der Waals surface area contributed by atoms with Gasteiger partial charge in [-0.05, 0) is 12.0 Å². The van der Waals surface area contributed by atoms with E-state index in [1.54, 1.807) is 17.2 Å². The van der Waals surface area contributed by atoms with E-state index in [4.69, 9.17) is 28.9 Å². The highest BCUT2D eigenvalue weighted by Crippen LogP contribution is 2.26. The Morgan fingerprint density at radius 3 is 2.48 bits per heavy atom. The van der Waals surface area contributed by atoms with Crippen molar-refractivity contribution < 1.29 is 9.59 Å². The summed E-state index contributed by atoms with van der Waals surface area (Å²) >= 11 is 12.0. The van der Waals surface area contributed by atoms with Gasteiger partial charge in [-0.3, -0.25) is 9.59 Å². The monoisotopic (exact) mass is 387 g/mol. The van der Waals surface area contributed by atoms with Crippen LogP contribution in [0.5, 0.6) is 0 Å². The third-order valence-electron chi connectivity index (χ3n) is 4.16. The topological polar surface area (TPSA) is 91.6 Å². The van der Waals surface area contributed by atoms with E-state index in [-0.39, 0.29) is 24.3 Å². The molecule has 1 aromatic rings. The molecule has 1 aliphatic heterocycles. The molecular formula is C16H23Cl2N5O2. The lowest BCUT2D eigenvalue weighted by atomic mass is 10.1. The van der Waals surface area contributed by atoms with Crippen molar-refractivity contribution in [2.24, 2.45) is 11.7 Å². The molecule has 1 atom stereocenters. The Morgan fingerprint density at radius 2 is 1.92 bits per heavy atom. The van der Waals surface area contributed by atoms with E-state index < -0.39 is 6.04 Å². The summed E-state index contributed by atoms with van der Waals surface area (Å²) in [4.78, 5) is 32.0. The number of nitrogens with two attached hydrogens (primary N) is 1. The molecular weight excluding hydrogens is 365 g/mol. The van der Waals surface area contributed by atoms with Crippen LogP contribution in [-0.2, 0) is 9.59 Å². The van der Waals surface area contributed by atoms with Gasteiger partial charge in [0.25, 0.3) is 0 Å². The van der Waals surface area contributed by atoms with Crippen LogP contribution in [0.2, 0.25) is 10.0 Å². The number of hydrogen-bond acceptors (Lipinski definition) is 5. The molecule has 1 fully saturated rings. The van der Waals surface area contributed by atoms with Crippen molar-refractivity contribution in [2.75, 3.05) is 37.6 Å². The fourth-order valence-electron chi connectivity index (χ4n) is 2.50. The van der Waals surface area contributed by atoms with E-state index in [9.17, 15) is 9.59 Å². The van der Waals surface area contributed by atoms with Gasteiger partial charge in [0.15, 0.2) is 0 Å². The number of halogens is 2. The molecule has 25 heavy (non-hydrogen) atoms. The zero-order valence-corrected chi connectivity index (χ0v) is 15.8. The van der Waals surface area contributed by atoms with E-state index in [1.807, 2.05) is 18.7 Å². The van der Waals surface area contributed by atoms with E-state index >= 15 is 0 Å². The Hall–Kier alpha value is -1.57. The number of carbonyl (C=O) groups excluding carboxylic acids is 2. The third-order valence-corrected chi connectivity index (χ3v) is 4.64. The Labute approximate surface area is 157 Å². The second-order valence-electron chi connectivity index (χ2n) is 6.31. The van der Waals surface area contributed by atoms with Gasteiger partial charge >= 0.3 is 0 Å². The highest BCUT2D eigenvalue weighted by Gasteiger charge is 2.24. The van der Waals surface area contributed by atoms with Gasteiger partial charge in [0, 0.05) is 32.4 Å². The summed E-state index contributed by atoms with van der Waals surface area (Å²) in [5.74, 6) is 0.253. The lowest BCUT2D eigenvalue weighted by Crippen LogP contribution is -2.53. The minimum atomic E-state index is -0.609. The molecule has 1 saturated heterocycles. The normalized spacial score (nSPS) is 16.1. The highest BCUT2D eigenvalue weighted by molar-refractivity contribution is 6.36. The van der Waals surface area contributed by atoms with Crippen LogP contribution in [0.25, 0.3) is 0 Å². The van der Waals surface area contributed by atoms with Crippen molar-refractivity contribution in [1.82, 2.24) is 15.2 Å². The van der Waals surface area contributed by atoms with Gasteiger partial charge in [0.1, 0.15) is 5.82 Å². The van der Waals surface area contributed by atoms with E-state index in [2.05, 4.69) is 10.3 Å². The summed E-state index contributed by atoms with van der Waals surface area (Å²) < 4.78 is 0. The summed E-state index contributed by atoms with van der Waals surface area (Å²) in [6.07, 6.45) is 1.55. The number of aromatic nitrogens is 1. The first-order valence-electron chi connectivity index (χ1n) is 8.16. The fourth-order valence-corrected chi connectivity index (χ4v) is 3.00. The maximum atomic E-state index is 12.2. The maximum Gasteiger partial charge on any atom is 0.242 e. The number of nitrogens with one attached hydrogen (secondary N) is 1. The first-order chi connectivity index (χ1) is 11.8. The van der Waals surface area contributed by atoms with Crippen molar-refractivity contribution in [2.45, 2.75) is 19.9 Å². The third kappa shape index (κ3) is 5.20. The predicted molar refractivity (Wildman–Crippen MR) is 98.9 cm³/mol. The quantitative estimate of drug-likeness (QED) is 0.789. The van der Waals surface area contributed by atoms with Crippen molar-refractivity contribution >= 4 is 40.8 Å². The van der Waals surface area contributed by atoms with Crippen LogP contribution in [0.3, 0.4) is 0 Å². The number of piperazine rings is 1. The molecule has 0 aromatic carbocycles. The smallest absolute Gasteiger partial charge is 0.242 e. The molecule has 0 spiro atoms. The molecule has 2 amide bonds. The lowest BCUT2D eigenvalue weighted by Gasteiger charge is -2.35. The van der Waals surface area contributed by atoms with Crippen LogP contribution in [0.1, 0.15) is 13.8 Å². The molecule has 138 valence electrons. The van der Waals surface area contributed by atoms with Gasteiger partial charge < -0.3 is 20.9 Å². The zero-order valence-electron chi connectivity index (χ0n) is 14.3. The number of nitrogens with zero attached hydrogens (tertiary/aromatic N) is 3. The van der Waals surface area contributed by atoms with Crippen molar-refractivity contribution in [3.05, 3.63) is 22.3 Å². The van der Waals surface area contributed by atoms with Crippen molar-refractivity contribution in [3.63, 3.8) is 0 Å². The van der Waals surface area contributed by atoms with E-state index in [1.165, 1.54) is 0 Å². The number of hydrogen-bond donors (Lipinski definition) is 2. The number of carbonyl (C=O) groups is 2. The Kier molecular flexibility index (Phi) is 6.87. The number of anilines is 1. The van der Waals surface area contributed by atoms with Crippen molar-refractivity contribution in [1.29, 1.82) is 0 Å². The first kappa shape index (κ1) is 19.8. The number of rotatable bonds is 5. The molecule has 2 rings (SSSR count). The molecule has 0 radical (unpaired) electrons. The van der Waals surface area contributed by atoms with Crippen LogP contribution in [-0.4, -0.2) is 60.5 Å². The second-order valence-corrected chi connectivity index (χ2v) is 7.16. The van der Waals surface area contributed by atoms with Crippen LogP contribution in [0, 0.1) is 5.92 Å². The van der Waals surface area contributed by atoms with Crippen LogP contribution in [0.15, 0.2) is 12.3 Å². The van der Waals surface area contributed by atoms with Crippen LogP contribution in [0.4, 0.5) is 5.82 Å². The first-order valence-corrected chi connectivity index (χ1v) is 8.92. The standard InChI is InChI=1S/C16H23Cl2N5O2/c1-10(2)14(19)16(25)21-9-13(24)22-3-5-23(6-4-22)15-12(18)7-11(17)8-20-15/h7-8,10,14H,3-6,9,19H2,1-2H3,(H,21,25)/t14-/m0/s1. The maximum absolute atomic E-state index is 12.2. The molecule has 1 aromatic heterocycles. The highest BCUT2D eigenvalue weighted by atomic mass is 35.5. The molecule has 2 heterocycles. The summed E-state index contributed by atoms with van der Waals surface area (Å²) in [5.41, 5.74) is 5.76. The van der Waals surface area contributed by atoms with Gasteiger partial charge in [0.2, 0.25) is 11.8 Å². The average molecular weight is 388 g/mol. The summed E-state index contributed by atoms with van der Waals surface area (Å²) in [6.45, 7) is 5.97. The molecule has 7 nitrogen and oxygen atoms in total. The summed E-state index contributed by atoms with van der Waals surface area (Å²) in [5, 5.41) is 3.57. The van der Waals surface area contributed by atoms with Gasteiger partial charge in [-0.1, -0.05) is 37.0 Å². The molecule has 0 bridgehead atoms. The largest absolute Gasteiger partial charge is 0.352 e. The number of amides is 2. The van der Waals surface area contributed by atoms with Crippen LogP contribution >= 0.6 is 23.2 Å². The predicted octanol–water partition coefficient (Wildman–Crippen LogP) is 1.14. The van der Waals surface area contributed by atoms with E-state index in [0.29, 0.717) is 42.0 Å². The Morgan fingerprint density at radius 1 is 1.28 bits per heavy atom. The number of pyridine rings is 1. The second kappa shape index (κ2) is 8.69. The summed E-state index contributed by atoms with van der Waals surface area (Å²) in [6, 6.07) is 1.04. The molecule has 0 aliphatic carbocycles. The van der Waals surface area contributed by atoms with Gasteiger partial charge in [-0.25, -0.2) is 4.98 Å². The van der Waals surface area contributed by atoms with Gasteiger partial charge in [0.05, 0.1) is 22.6 Å². The lowest BCUT2D eigenvalue weighted by molar-refractivity contribution is -0.133.